The number of amides is 1. The first-order chi connectivity index (χ1) is 9.77. The molecule has 0 aliphatic carbocycles. The lowest BCUT2D eigenvalue weighted by Crippen LogP contribution is -2.31. The van der Waals surface area contributed by atoms with Crippen molar-refractivity contribution < 1.29 is 4.79 Å². The largest absolute Gasteiger partial charge is 0.312 e. The first kappa shape index (κ1) is 15.0. The highest BCUT2D eigenvalue weighted by Gasteiger charge is 2.25. The number of unbranched alkanes of at least 4 members (excludes halogenated alkanes) is 1. The average Bonchev–Trinajstić information content (AvgIpc) is 2.65. The fourth-order valence-electron chi connectivity index (χ4n) is 2.94. The van der Waals surface area contributed by atoms with Crippen LogP contribution < -0.4 is 10.2 Å². The maximum atomic E-state index is 12.4. The fraction of sp³-hybridized carbons (Fsp3) is 0.588. The second kappa shape index (κ2) is 7.44. The van der Waals surface area contributed by atoms with Crippen molar-refractivity contribution in [2.75, 3.05) is 18.0 Å². The zero-order valence-electron chi connectivity index (χ0n) is 12.7. The van der Waals surface area contributed by atoms with Gasteiger partial charge in [-0.1, -0.05) is 38.5 Å². The molecule has 2 rings (SSSR count). The van der Waals surface area contributed by atoms with Gasteiger partial charge in [-0.3, -0.25) is 4.79 Å². The second-order valence-electron chi connectivity index (χ2n) is 5.46. The zero-order chi connectivity index (χ0) is 14.4. The number of hydrogen-bond acceptors (Lipinski definition) is 2. The van der Waals surface area contributed by atoms with Crippen molar-refractivity contribution in [3.8, 4) is 0 Å². The maximum absolute atomic E-state index is 12.4. The van der Waals surface area contributed by atoms with E-state index in [4.69, 9.17) is 0 Å². The number of rotatable bonds is 5. The standard InChI is InChI=1S/C17H26N2O/c1-3-5-12-17(20)19-13-8-10-15(18-4-2)14-9-6-7-11-16(14)19/h6-7,9,11,15,18H,3-5,8,10,12-13H2,1-2H3. The van der Waals surface area contributed by atoms with Gasteiger partial charge >= 0.3 is 0 Å². The second-order valence-corrected chi connectivity index (χ2v) is 5.46. The van der Waals surface area contributed by atoms with E-state index >= 15 is 0 Å². The summed E-state index contributed by atoms with van der Waals surface area (Å²) < 4.78 is 0. The fourth-order valence-corrected chi connectivity index (χ4v) is 2.94. The summed E-state index contributed by atoms with van der Waals surface area (Å²) in [4.78, 5) is 14.4. The molecule has 0 spiro atoms. The molecule has 20 heavy (non-hydrogen) atoms. The van der Waals surface area contributed by atoms with E-state index in [2.05, 4.69) is 37.4 Å². The van der Waals surface area contributed by atoms with Crippen LogP contribution in [0.2, 0.25) is 0 Å². The van der Waals surface area contributed by atoms with Crippen LogP contribution in [0.3, 0.4) is 0 Å². The average molecular weight is 274 g/mol. The molecule has 110 valence electrons. The molecule has 1 amide bonds. The molecular weight excluding hydrogens is 248 g/mol. The molecule has 0 aromatic heterocycles. The first-order valence-electron chi connectivity index (χ1n) is 7.90. The summed E-state index contributed by atoms with van der Waals surface area (Å²) in [5.74, 6) is 0.274. The van der Waals surface area contributed by atoms with Crippen LogP contribution in [0.1, 0.15) is 57.6 Å². The summed E-state index contributed by atoms with van der Waals surface area (Å²) in [7, 11) is 0. The molecule has 1 aliphatic rings. The SMILES string of the molecule is CCCCC(=O)N1CCCC(NCC)c2ccccc21. The molecule has 1 aromatic carbocycles. The third-order valence-corrected chi connectivity index (χ3v) is 3.97. The zero-order valence-corrected chi connectivity index (χ0v) is 12.7. The lowest BCUT2D eigenvalue weighted by molar-refractivity contribution is -0.118. The van der Waals surface area contributed by atoms with Gasteiger partial charge in [-0.05, 0) is 37.4 Å². The van der Waals surface area contributed by atoms with Gasteiger partial charge in [0.1, 0.15) is 0 Å². The lowest BCUT2D eigenvalue weighted by Gasteiger charge is -2.24. The molecule has 0 saturated carbocycles. The van der Waals surface area contributed by atoms with Gasteiger partial charge in [0, 0.05) is 24.7 Å². The summed E-state index contributed by atoms with van der Waals surface area (Å²) in [6.07, 6.45) is 4.87. The van der Waals surface area contributed by atoms with Crippen molar-refractivity contribution in [2.45, 2.75) is 52.0 Å². The quantitative estimate of drug-likeness (QED) is 0.888. The molecule has 3 nitrogen and oxygen atoms in total. The van der Waals surface area contributed by atoms with Crippen molar-refractivity contribution in [3.05, 3.63) is 29.8 Å². The maximum Gasteiger partial charge on any atom is 0.226 e. The highest BCUT2D eigenvalue weighted by Crippen LogP contribution is 2.33. The molecule has 0 radical (unpaired) electrons. The van der Waals surface area contributed by atoms with Gasteiger partial charge in [0.2, 0.25) is 5.91 Å². The summed E-state index contributed by atoms with van der Waals surface area (Å²) in [6, 6.07) is 8.74. The van der Waals surface area contributed by atoms with Crippen LogP contribution in [0.25, 0.3) is 0 Å². The van der Waals surface area contributed by atoms with E-state index in [0.29, 0.717) is 12.5 Å². The number of hydrogen-bond donors (Lipinski definition) is 1. The molecule has 1 aromatic rings. The normalized spacial score (nSPS) is 18.5. The number of para-hydroxylation sites is 1. The van der Waals surface area contributed by atoms with Gasteiger partial charge in [0.25, 0.3) is 0 Å². The topological polar surface area (TPSA) is 32.3 Å². The minimum atomic E-state index is 0.274. The Morgan fingerprint density at radius 1 is 1.35 bits per heavy atom. The minimum Gasteiger partial charge on any atom is -0.312 e. The van der Waals surface area contributed by atoms with Gasteiger partial charge in [0.05, 0.1) is 0 Å². The van der Waals surface area contributed by atoms with Crippen molar-refractivity contribution >= 4 is 11.6 Å². The van der Waals surface area contributed by atoms with Gasteiger partial charge in [-0.2, -0.15) is 0 Å². The Bertz CT molecular complexity index is 444. The lowest BCUT2D eigenvalue weighted by atomic mass is 10.0. The molecule has 0 fully saturated rings. The van der Waals surface area contributed by atoms with E-state index in [1.807, 2.05) is 11.0 Å². The highest BCUT2D eigenvalue weighted by molar-refractivity contribution is 5.94. The van der Waals surface area contributed by atoms with Crippen LogP contribution >= 0.6 is 0 Å². The molecule has 1 N–H and O–H groups in total. The van der Waals surface area contributed by atoms with Gasteiger partial charge in [-0.15, -0.1) is 0 Å². The van der Waals surface area contributed by atoms with E-state index in [0.717, 1.165) is 44.5 Å². The van der Waals surface area contributed by atoms with Crippen molar-refractivity contribution in [1.82, 2.24) is 5.32 Å². The molecule has 1 atom stereocenters. The highest BCUT2D eigenvalue weighted by atomic mass is 16.2. The molecule has 3 heteroatoms. The predicted molar refractivity (Wildman–Crippen MR) is 84.0 cm³/mol. The summed E-state index contributed by atoms with van der Waals surface area (Å²) in [6.45, 7) is 6.08. The molecule has 1 aliphatic heterocycles. The third kappa shape index (κ3) is 3.40. The van der Waals surface area contributed by atoms with Crippen LogP contribution in [0, 0.1) is 0 Å². The number of anilines is 1. The number of carbonyl (C=O) groups is 1. The number of fused-ring (bicyclic) bond motifs is 1. The van der Waals surface area contributed by atoms with Crippen LogP contribution in [-0.4, -0.2) is 19.0 Å². The van der Waals surface area contributed by atoms with E-state index in [9.17, 15) is 4.79 Å². The molecule has 1 unspecified atom stereocenters. The molecular formula is C17H26N2O. The number of nitrogens with one attached hydrogen (secondary N) is 1. The van der Waals surface area contributed by atoms with Crippen LogP contribution in [0.15, 0.2) is 24.3 Å². The first-order valence-corrected chi connectivity index (χ1v) is 7.90. The smallest absolute Gasteiger partial charge is 0.226 e. The van der Waals surface area contributed by atoms with Crippen molar-refractivity contribution in [1.29, 1.82) is 0 Å². The summed E-state index contributed by atoms with van der Waals surface area (Å²) >= 11 is 0. The molecule has 0 saturated heterocycles. The van der Waals surface area contributed by atoms with E-state index in [1.165, 1.54) is 5.56 Å². The Morgan fingerprint density at radius 3 is 2.90 bits per heavy atom. The van der Waals surface area contributed by atoms with E-state index in [1.54, 1.807) is 0 Å². The van der Waals surface area contributed by atoms with E-state index in [-0.39, 0.29) is 5.91 Å². The number of benzene rings is 1. The van der Waals surface area contributed by atoms with Crippen LogP contribution in [0.4, 0.5) is 5.69 Å². The Balaban J connectivity index is 2.26. The van der Waals surface area contributed by atoms with Crippen LogP contribution in [0.5, 0.6) is 0 Å². The monoisotopic (exact) mass is 274 g/mol. The third-order valence-electron chi connectivity index (χ3n) is 3.97. The predicted octanol–water partition coefficient (Wildman–Crippen LogP) is 3.65. The molecule has 0 bridgehead atoms. The van der Waals surface area contributed by atoms with Gasteiger partial charge in [0.15, 0.2) is 0 Å². The van der Waals surface area contributed by atoms with Gasteiger partial charge in [-0.25, -0.2) is 0 Å². The van der Waals surface area contributed by atoms with Crippen molar-refractivity contribution in [2.24, 2.45) is 0 Å². The molecule has 1 heterocycles. The van der Waals surface area contributed by atoms with Crippen molar-refractivity contribution in [3.63, 3.8) is 0 Å². The van der Waals surface area contributed by atoms with Crippen LogP contribution in [-0.2, 0) is 4.79 Å². The van der Waals surface area contributed by atoms with Gasteiger partial charge < -0.3 is 10.2 Å². The number of nitrogens with zero attached hydrogens (tertiary/aromatic N) is 1. The number of carbonyl (C=O) groups excluding carboxylic acids is 1. The minimum absolute atomic E-state index is 0.274. The Morgan fingerprint density at radius 2 is 2.15 bits per heavy atom. The Labute approximate surface area is 122 Å². The van der Waals surface area contributed by atoms with E-state index < -0.39 is 0 Å². The summed E-state index contributed by atoms with van der Waals surface area (Å²) in [5.41, 5.74) is 2.38. The Kier molecular flexibility index (Phi) is 5.60. The summed E-state index contributed by atoms with van der Waals surface area (Å²) in [5, 5.41) is 3.55. The Hall–Kier alpha value is -1.35.